The van der Waals surface area contributed by atoms with E-state index in [4.69, 9.17) is 10.8 Å². The molecule has 1 atom stereocenters. The Labute approximate surface area is 49.9 Å². The van der Waals surface area contributed by atoms with E-state index in [0.717, 1.165) is 6.54 Å². The summed E-state index contributed by atoms with van der Waals surface area (Å²) in [5.41, 5.74) is 5.15. The number of aliphatic hydroxyl groups excluding tert-OH is 1. The standard InChI is InChI=1S/C5H13N2O/c1-5(8)4-7-3-2-6/h5,7-8H,1-4,6H2. The number of rotatable bonds is 4. The van der Waals surface area contributed by atoms with E-state index in [1.165, 1.54) is 0 Å². The molecular weight excluding hydrogens is 104 g/mol. The molecule has 0 aromatic carbocycles. The highest BCUT2D eigenvalue weighted by Crippen LogP contribution is 1.70. The van der Waals surface area contributed by atoms with Crippen molar-refractivity contribution in [2.75, 3.05) is 19.6 Å². The van der Waals surface area contributed by atoms with Crippen LogP contribution < -0.4 is 11.1 Å². The van der Waals surface area contributed by atoms with Crippen LogP contribution in [0.5, 0.6) is 0 Å². The first kappa shape index (κ1) is 7.88. The molecule has 0 saturated carbocycles. The molecule has 0 amide bonds. The van der Waals surface area contributed by atoms with Crippen molar-refractivity contribution in [3.05, 3.63) is 6.92 Å². The molecule has 0 aliphatic rings. The molecule has 4 N–H and O–H groups in total. The second kappa shape index (κ2) is 5.03. The third-order valence-corrected chi connectivity index (χ3v) is 0.701. The summed E-state index contributed by atoms with van der Waals surface area (Å²) in [6.45, 7) is 5.23. The molecule has 0 aliphatic carbocycles. The summed E-state index contributed by atoms with van der Waals surface area (Å²) in [6, 6.07) is 0. The Morgan fingerprint density at radius 3 is 2.75 bits per heavy atom. The third kappa shape index (κ3) is 5.88. The highest BCUT2D eigenvalue weighted by Gasteiger charge is 1.90. The second-order valence-electron chi connectivity index (χ2n) is 1.65. The first-order valence-corrected chi connectivity index (χ1v) is 2.69. The topological polar surface area (TPSA) is 58.3 Å². The molecule has 1 unspecified atom stereocenters. The van der Waals surface area contributed by atoms with Crippen molar-refractivity contribution in [2.24, 2.45) is 5.73 Å². The van der Waals surface area contributed by atoms with E-state index in [2.05, 4.69) is 12.2 Å². The summed E-state index contributed by atoms with van der Waals surface area (Å²) in [5.74, 6) is 0. The predicted molar refractivity (Wildman–Crippen MR) is 33.3 cm³/mol. The summed E-state index contributed by atoms with van der Waals surface area (Å²) in [5, 5.41) is 11.5. The minimum Gasteiger partial charge on any atom is -0.392 e. The molecule has 0 aromatic rings. The molecule has 49 valence electrons. The van der Waals surface area contributed by atoms with Gasteiger partial charge in [-0.25, -0.2) is 0 Å². The van der Waals surface area contributed by atoms with Gasteiger partial charge >= 0.3 is 0 Å². The summed E-state index contributed by atoms with van der Waals surface area (Å²) in [7, 11) is 0. The van der Waals surface area contributed by atoms with Gasteiger partial charge in [-0.05, 0) is 6.92 Å². The average molecular weight is 117 g/mol. The van der Waals surface area contributed by atoms with Crippen molar-refractivity contribution in [2.45, 2.75) is 6.10 Å². The van der Waals surface area contributed by atoms with Gasteiger partial charge in [0.15, 0.2) is 0 Å². The molecule has 3 heteroatoms. The van der Waals surface area contributed by atoms with Crippen LogP contribution in [-0.4, -0.2) is 30.8 Å². The summed E-state index contributed by atoms with van der Waals surface area (Å²) in [4.78, 5) is 0. The van der Waals surface area contributed by atoms with Gasteiger partial charge in [0.25, 0.3) is 0 Å². The Morgan fingerprint density at radius 2 is 2.38 bits per heavy atom. The molecule has 0 spiro atoms. The van der Waals surface area contributed by atoms with Gasteiger partial charge in [-0.15, -0.1) is 0 Å². The van der Waals surface area contributed by atoms with Crippen LogP contribution in [0.2, 0.25) is 0 Å². The average Bonchev–Trinajstić information content (AvgIpc) is 1.66. The van der Waals surface area contributed by atoms with Crippen LogP contribution in [-0.2, 0) is 0 Å². The molecule has 0 bridgehead atoms. The third-order valence-electron chi connectivity index (χ3n) is 0.701. The summed E-state index contributed by atoms with van der Waals surface area (Å²) >= 11 is 0. The summed E-state index contributed by atoms with van der Waals surface area (Å²) < 4.78 is 0. The van der Waals surface area contributed by atoms with Gasteiger partial charge in [-0.3, -0.25) is 0 Å². The van der Waals surface area contributed by atoms with Crippen LogP contribution in [0.15, 0.2) is 0 Å². The van der Waals surface area contributed by atoms with Crippen molar-refractivity contribution < 1.29 is 5.11 Å². The van der Waals surface area contributed by atoms with E-state index in [9.17, 15) is 0 Å². The molecule has 0 aromatic heterocycles. The van der Waals surface area contributed by atoms with Crippen LogP contribution in [0.3, 0.4) is 0 Å². The maximum atomic E-state index is 8.56. The van der Waals surface area contributed by atoms with Crippen LogP contribution >= 0.6 is 0 Å². The van der Waals surface area contributed by atoms with Gasteiger partial charge in [-0.2, -0.15) is 0 Å². The van der Waals surface area contributed by atoms with Crippen molar-refractivity contribution in [3.8, 4) is 0 Å². The zero-order valence-electron chi connectivity index (χ0n) is 4.93. The lowest BCUT2D eigenvalue weighted by molar-refractivity contribution is 0.217. The molecule has 0 fully saturated rings. The number of hydrogen-bond acceptors (Lipinski definition) is 3. The number of aliphatic hydroxyl groups is 1. The zero-order chi connectivity index (χ0) is 6.41. The minimum atomic E-state index is -0.512. The summed E-state index contributed by atoms with van der Waals surface area (Å²) in [6.07, 6.45) is -0.512. The Kier molecular flexibility index (Phi) is 4.95. The van der Waals surface area contributed by atoms with Crippen molar-refractivity contribution >= 4 is 0 Å². The Balaban J connectivity index is 2.72. The Hall–Kier alpha value is -0.120. The maximum absolute atomic E-state index is 8.56. The fourth-order valence-electron chi connectivity index (χ4n) is 0.371. The van der Waals surface area contributed by atoms with Gasteiger partial charge in [0.05, 0.1) is 6.10 Å². The fraction of sp³-hybridized carbons (Fsp3) is 0.800. The van der Waals surface area contributed by atoms with Gasteiger partial charge < -0.3 is 16.2 Å². The van der Waals surface area contributed by atoms with E-state index in [0.29, 0.717) is 13.1 Å². The van der Waals surface area contributed by atoms with Crippen LogP contribution in [0.1, 0.15) is 0 Å². The van der Waals surface area contributed by atoms with Crippen LogP contribution in [0, 0.1) is 6.92 Å². The number of hydrogen-bond donors (Lipinski definition) is 3. The van der Waals surface area contributed by atoms with E-state index in [-0.39, 0.29) is 0 Å². The second-order valence-corrected chi connectivity index (χ2v) is 1.65. The number of nitrogens with two attached hydrogens (primary N) is 1. The van der Waals surface area contributed by atoms with Crippen LogP contribution in [0.4, 0.5) is 0 Å². The van der Waals surface area contributed by atoms with Gasteiger partial charge in [-0.1, -0.05) is 0 Å². The lowest BCUT2D eigenvalue weighted by atomic mass is 10.4. The van der Waals surface area contributed by atoms with E-state index < -0.39 is 6.10 Å². The molecule has 8 heavy (non-hydrogen) atoms. The monoisotopic (exact) mass is 117 g/mol. The lowest BCUT2D eigenvalue weighted by Crippen LogP contribution is -2.29. The maximum Gasteiger partial charge on any atom is 0.0665 e. The van der Waals surface area contributed by atoms with Crippen molar-refractivity contribution in [1.82, 2.24) is 5.32 Å². The SMILES string of the molecule is [CH2]C(O)CNCCN. The zero-order valence-corrected chi connectivity index (χ0v) is 4.93. The molecule has 0 aliphatic heterocycles. The van der Waals surface area contributed by atoms with E-state index in [1.807, 2.05) is 0 Å². The van der Waals surface area contributed by atoms with Gasteiger partial charge in [0.2, 0.25) is 0 Å². The molecular formula is C5H13N2O. The van der Waals surface area contributed by atoms with Crippen molar-refractivity contribution in [3.63, 3.8) is 0 Å². The molecule has 0 saturated heterocycles. The van der Waals surface area contributed by atoms with Crippen LogP contribution in [0.25, 0.3) is 0 Å². The molecule has 3 nitrogen and oxygen atoms in total. The lowest BCUT2D eigenvalue weighted by Gasteiger charge is -2.03. The molecule has 0 rings (SSSR count). The molecule has 1 radical (unpaired) electrons. The first-order valence-electron chi connectivity index (χ1n) is 2.69. The van der Waals surface area contributed by atoms with E-state index in [1.54, 1.807) is 0 Å². The van der Waals surface area contributed by atoms with E-state index >= 15 is 0 Å². The highest BCUT2D eigenvalue weighted by atomic mass is 16.3. The van der Waals surface area contributed by atoms with Crippen molar-refractivity contribution in [1.29, 1.82) is 0 Å². The highest BCUT2D eigenvalue weighted by molar-refractivity contribution is 4.59. The first-order chi connectivity index (χ1) is 3.77. The smallest absolute Gasteiger partial charge is 0.0665 e. The predicted octanol–water partition coefficient (Wildman–Crippen LogP) is -1.27. The Bertz CT molecular complexity index is 47.7. The Morgan fingerprint density at radius 1 is 1.75 bits per heavy atom. The largest absolute Gasteiger partial charge is 0.392 e. The number of nitrogens with one attached hydrogen (secondary N) is 1. The van der Waals surface area contributed by atoms with Gasteiger partial charge in [0.1, 0.15) is 0 Å². The molecule has 0 heterocycles. The minimum absolute atomic E-state index is 0.512. The normalized spacial score (nSPS) is 13.9. The fourth-order valence-corrected chi connectivity index (χ4v) is 0.371. The van der Waals surface area contributed by atoms with Gasteiger partial charge in [0, 0.05) is 19.6 Å². The quantitative estimate of drug-likeness (QED) is 0.402.